The number of phenolic OH excluding ortho intramolecular Hbond substituents is 1. The third-order valence-corrected chi connectivity index (χ3v) is 8.08. The molecule has 224 valence electrons. The first-order valence-electron chi connectivity index (χ1n) is 11.7. The van der Waals surface area contributed by atoms with Gasteiger partial charge in [-0.3, -0.25) is 10.0 Å². The largest absolute Gasteiger partial charge is 0.503 e. The summed E-state index contributed by atoms with van der Waals surface area (Å²) in [5.74, 6) is -8.01. The Bertz CT molecular complexity index is 1370. The van der Waals surface area contributed by atoms with Crippen molar-refractivity contribution in [3.8, 4) is 17.2 Å². The van der Waals surface area contributed by atoms with E-state index in [9.17, 15) is 35.9 Å². The molecule has 3 N–H and O–H groups in total. The SMILES string of the molecule is CC.CN(CCN(CC(=O)NO)S(=O)c1cc(F)c(Oc2ccc(Cl)cc2)c(F)c1)S(=O)c1cc(F)c(O)c(F)c1. The number of rotatable bonds is 11. The maximum Gasteiger partial charge on any atom is 0.258 e. The van der Waals surface area contributed by atoms with Gasteiger partial charge in [0.15, 0.2) is 34.8 Å². The molecule has 0 fully saturated rings. The van der Waals surface area contributed by atoms with E-state index in [0.29, 0.717) is 17.2 Å². The van der Waals surface area contributed by atoms with Crippen LogP contribution in [0.25, 0.3) is 0 Å². The minimum atomic E-state index is -2.38. The fourth-order valence-corrected chi connectivity index (χ4v) is 5.41. The minimum absolute atomic E-state index is 0.0803. The van der Waals surface area contributed by atoms with Gasteiger partial charge in [-0.05, 0) is 48.5 Å². The summed E-state index contributed by atoms with van der Waals surface area (Å²) in [4.78, 5) is 11.1. The maximum absolute atomic E-state index is 14.7. The first kappa shape index (κ1) is 34.1. The third-order valence-electron chi connectivity index (χ3n) is 5.03. The first-order valence-corrected chi connectivity index (χ1v) is 14.3. The molecule has 0 aliphatic carbocycles. The van der Waals surface area contributed by atoms with E-state index in [0.717, 1.165) is 20.7 Å². The lowest BCUT2D eigenvalue weighted by Gasteiger charge is -2.23. The number of hydrogen-bond donors (Lipinski definition) is 3. The number of benzene rings is 3. The first-order chi connectivity index (χ1) is 19.4. The van der Waals surface area contributed by atoms with E-state index < -0.39 is 74.1 Å². The van der Waals surface area contributed by atoms with E-state index in [1.54, 1.807) is 0 Å². The Hall–Kier alpha value is -3.08. The molecule has 0 heterocycles. The summed E-state index contributed by atoms with van der Waals surface area (Å²) in [6, 6.07) is 8.45. The molecule has 9 nitrogen and oxygen atoms in total. The minimum Gasteiger partial charge on any atom is -0.503 e. The summed E-state index contributed by atoms with van der Waals surface area (Å²) >= 11 is 5.78. The van der Waals surface area contributed by atoms with Crippen molar-refractivity contribution in [2.24, 2.45) is 0 Å². The number of nitrogens with one attached hydrogen (secondary N) is 1. The molecule has 0 bridgehead atoms. The van der Waals surface area contributed by atoms with Gasteiger partial charge in [0.25, 0.3) is 5.91 Å². The zero-order valence-corrected chi connectivity index (χ0v) is 24.3. The average molecular weight is 640 g/mol. The highest BCUT2D eigenvalue weighted by Crippen LogP contribution is 2.31. The number of amides is 1. The molecule has 0 aliphatic heterocycles. The van der Waals surface area contributed by atoms with Gasteiger partial charge in [0.05, 0.1) is 16.3 Å². The molecule has 2 unspecified atom stereocenters. The van der Waals surface area contributed by atoms with Gasteiger partial charge in [-0.2, -0.15) is 0 Å². The summed E-state index contributed by atoms with van der Waals surface area (Å²) < 4.78 is 89.8. The smallest absolute Gasteiger partial charge is 0.258 e. The van der Waals surface area contributed by atoms with Crippen LogP contribution in [0.1, 0.15) is 13.8 Å². The number of phenols is 1. The van der Waals surface area contributed by atoms with Crippen LogP contribution in [0.4, 0.5) is 17.6 Å². The van der Waals surface area contributed by atoms with Crippen LogP contribution >= 0.6 is 11.6 Å². The van der Waals surface area contributed by atoms with Gasteiger partial charge >= 0.3 is 0 Å². The molecule has 0 aromatic heterocycles. The lowest BCUT2D eigenvalue weighted by molar-refractivity contribution is -0.129. The third kappa shape index (κ3) is 9.21. The van der Waals surface area contributed by atoms with Gasteiger partial charge in [-0.1, -0.05) is 25.4 Å². The molecule has 16 heteroatoms. The molecule has 0 saturated heterocycles. The highest BCUT2D eigenvalue weighted by molar-refractivity contribution is 7.83. The van der Waals surface area contributed by atoms with Crippen molar-refractivity contribution < 1.29 is 45.8 Å². The number of likely N-dealkylation sites (N-methyl/N-ethyl adjacent to an activating group) is 1. The molecule has 0 aliphatic rings. The molecule has 2 atom stereocenters. The molecule has 1 amide bonds. The second-order valence-corrected chi connectivity index (χ2v) is 11.3. The van der Waals surface area contributed by atoms with Crippen LogP contribution in [0, 0.1) is 23.3 Å². The van der Waals surface area contributed by atoms with Crippen molar-refractivity contribution in [1.82, 2.24) is 14.1 Å². The van der Waals surface area contributed by atoms with Crippen LogP contribution in [0.2, 0.25) is 5.02 Å². The van der Waals surface area contributed by atoms with Gasteiger partial charge in [0.2, 0.25) is 0 Å². The van der Waals surface area contributed by atoms with Crippen LogP contribution in [-0.2, 0) is 26.8 Å². The molecule has 0 spiro atoms. The van der Waals surface area contributed by atoms with E-state index >= 15 is 0 Å². The maximum atomic E-state index is 14.7. The Balaban J connectivity index is 0.00000287. The Morgan fingerprint density at radius 1 is 0.902 bits per heavy atom. The fourth-order valence-electron chi connectivity index (χ4n) is 3.08. The number of aromatic hydroxyl groups is 1. The van der Waals surface area contributed by atoms with Gasteiger partial charge in [-0.25, -0.2) is 40.1 Å². The van der Waals surface area contributed by atoms with Gasteiger partial charge in [0, 0.05) is 25.2 Å². The summed E-state index contributed by atoms with van der Waals surface area (Å²) in [6.45, 7) is 2.74. The lowest BCUT2D eigenvalue weighted by atomic mass is 10.3. The van der Waals surface area contributed by atoms with Crippen molar-refractivity contribution in [1.29, 1.82) is 0 Å². The average Bonchev–Trinajstić information content (AvgIpc) is 2.96. The predicted molar refractivity (Wildman–Crippen MR) is 144 cm³/mol. The van der Waals surface area contributed by atoms with E-state index in [4.69, 9.17) is 21.5 Å². The van der Waals surface area contributed by atoms with Gasteiger partial charge in [0.1, 0.15) is 27.7 Å². The summed E-state index contributed by atoms with van der Waals surface area (Å²) in [5.41, 5.74) is 1.35. The molecular weight excluding hydrogens is 614 g/mol. The number of nitrogens with zero attached hydrogens (tertiary/aromatic N) is 2. The molecular formula is C25H26ClF4N3O6S2. The van der Waals surface area contributed by atoms with E-state index in [1.165, 1.54) is 36.8 Å². The second-order valence-electron chi connectivity index (χ2n) is 7.76. The molecule has 3 aromatic carbocycles. The number of halogens is 5. The highest BCUT2D eigenvalue weighted by atomic mass is 35.5. The van der Waals surface area contributed by atoms with Crippen molar-refractivity contribution in [3.63, 3.8) is 0 Å². The Labute approximate surface area is 243 Å². The van der Waals surface area contributed by atoms with Gasteiger partial charge in [-0.15, -0.1) is 0 Å². The Morgan fingerprint density at radius 3 is 1.90 bits per heavy atom. The second kappa shape index (κ2) is 15.8. The van der Waals surface area contributed by atoms with Crippen molar-refractivity contribution >= 4 is 39.5 Å². The highest BCUT2D eigenvalue weighted by Gasteiger charge is 2.24. The fraction of sp³-hybridized carbons (Fsp3) is 0.240. The molecule has 41 heavy (non-hydrogen) atoms. The van der Waals surface area contributed by atoms with Crippen LogP contribution < -0.4 is 10.2 Å². The number of carbonyl (C=O) groups is 1. The van der Waals surface area contributed by atoms with E-state index in [1.807, 2.05) is 13.8 Å². The van der Waals surface area contributed by atoms with Crippen LogP contribution in [0.15, 0.2) is 58.3 Å². The number of hydrogen-bond acceptors (Lipinski definition) is 6. The van der Waals surface area contributed by atoms with Crippen molar-refractivity contribution in [2.75, 3.05) is 26.7 Å². The van der Waals surface area contributed by atoms with Crippen molar-refractivity contribution in [3.05, 3.63) is 76.8 Å². The van der Waals surface area contributed by atoms with E-state index in [-0.39, 0.29) is 23.7 Å². The number of carbonyl (C=O) groups excluding carboxylic acids is 1. The molecule has 3 rings (SSSR count). The summed E-state index contributed by atoms with van der Waals surface area (Å²) in [7, 11) is -3.25. The summed E-state index contributed by atoms with van der Waals surface area (Å²) in [6.07, 6.45) is 0. The zero-order chi connectivity index (χ0) is 30.9. The van der Waals surface area contributed by atoms with Crippen LogP contribution in [0.5, 0.6) is 17.2 Å². The zero-order valence-electron chi connectivity index (χ0n) is 21.9. The van der Waals surface area contributed by atoms with Crippen LogP contribution in [-0.4, -0.2) is 59.9 Å². The molecule has 3 aromatic rings. The van der Waals surface area contributed by atoms with Gasteiger partial charge < -0.3 is 9.84 Å². The normalized spacial score (nSPS) is 12.5. The topological polar surface area (TPSA) is 119 Å². The van der Waals surface area contributed by atoms with E-state index in [2.05, 4.69) is 0 Å². The number of ether oxygens (including phenoxy) is 1. The predicted octanol–water partition coefficient (Wildman–Crippen LogP) is 4.91. The lowest BCUT2D eigenvalue weighted by Crippen LogP contribution is -2.41. The standard InChI is InChI=1S/C23H20ClF4N3O6S2.C2H6/c1-30(38(35)15-8-17(25)22(33)18(26)9-15)6-7-31(12-21(32)29-34)39(36)16-10-19(27)23(20(28)11-16)37-14-4-2-13(24)3-5-14;1-2/h2-5,8-11,33-34H,6-7,12H2,1H3,(H,29,32);1-2H3. The van der Waals surface area contributed by atoms with Crippen molar-refractivity contribution in [2.45, 2.75) is 23.6 Å². The monoisotopic (exact) mass is 639 g/mol. The molecule has 0 radical (unpaired) electrons. The Kier molecular flexibility index (Phi) is 13.1. The summed E-state index contributed by atoms with van der Waals surface area (Å²) in [5, 5.41) is 18.5. The number of hydroxylamine groups is 1. The molecule has 0 saturated carbocycles. The van der Waals surface area contributed by atoms with Crippen LogP contribution in [0.3, 0.4) is 0 Å². The Morgan fingerprint density at radius 2 is 1.39 bits per heavy atom. The quantitative estimate of drug-likeness (QED) is 0.156.